The molecule has 11 nitrogen and oxygen atoms in total. The van der Waals surface area contributed by atoms with E-state index in [4.69, 9.17) is 14.2 Å². The first-order valence-electron chi connectivity index (χ1n) is 13.7. The number of rotatable bonds is 11. The van der Waals surface area contributed by atoms with Crippen LogP contribution in [0.25, 0.3) is 0 Å². The highest BCUT2D eigenvalue weighted by atomic mass is 79.9. The maximum atomic E-state index is 13.9. The van der Waals surface area contributed by atoms with Gasteiger partial charge in [0.05, 0.1) is 37.8 Å². The van der Waals surface area contributed by atoms with Gasteiger partial charge in [0, 0.05) is 49.8 Å². The Morgan fingerprint density at radius 3 is 2.62 bits per heavy atom. The van der Waals surface area contributed by atoms with E-state index in [9.17, 15) is 19.5 Å². The topological polar surface area (TPSA) is 130 Å². The average molecular weight is 610 g/mol. The number of morpholine rings is 1. The van der Waals surface area contributed by atoms with Crippen molar-refractivity contribution in [2.75, 3.05) is 64.5 Å². The molecule has 3 N–H and O–H groups in total. The molecule has 0 radical (unpaired) electrons. The summed E-state index contributed by atoms with van der Waals surface area (Å²) in [6.45, 7) is 6.63. The number of likely N-dealkylation sites (tertiary alicyclic amines) is 1. The van der Waals surface area contributed by atoms with Gasteiger partial charge in [-0.25, -0.2) is 0 Å². The molecule has 0 aliphatic carbocycles. The second kappa shape index (κ2) is 12.1. The molecular weight excluding hydrogens is 572 g/mol. The highest BCUT2D eigenvalue weighted by Crippen LogP contribution is 2.60. The van der Waals surface area contributed by atoms with Gasteiger partial charge in [0.1, 0.15) is 17.4 Å². The number of anilines is 1. The molecule has 5 rings (SSSR count). The monoisotopic (exact) mass is 608 g/mol. The smallest absolute Gasteiger partial charge is 0.245 e. The molecule has 0 saturated carbocycles. The predicted octanol–water partition coefficient (Wildman–Crippen LogP) is 0.603. The number of benzene rings is 1. The highest BCUT2D eigenvalue weighted by molar-refractivity contribution is 9.09. The van der Waals surface area contributed by atoms with Gasteiger partial charge < -0.3 is 34.9 Å². The van der Waals surface area contributed by atoms with Crippen LogP contribution in [0.2, 0.25) is 0 Å². The number of nitrogens with one attached hydrogen (secondary N) is 2. The van der Waals surface area contributed by atoms with E-state index >= 15 is 0 Å². The molecule has 1 aromatic carbocycles. The summed E-state index contributed by atoms with van der Waals surface area (Å²) in [6.07, 6.45) is 0.235. The maximum absolute atomic E-state index is 13.9. The molecule has 39 heavy (non-hydrogen) atoms. The lowest BCUT2D eigenvalue weighted by Gasteiger charge is -2.34. The van der Waals surface area contributed by atoms with Crippen molar-refractivity contribution in [3.63, 3.8) is 0 Å². The number of halogens is 1. The zero-order valence-electron chi connectivity index (χ0n) is 22.1. The number of fused-ring (bicyclic) bond motifs is 1. The number of nitrogens with zero attached hydrogens (tertiary/aromatic N) is 2. The molecule has 1 aromatic rings. The van der Waals surface area contributed by atoms with Crippen LogP contribution in [0.15, 0.2) is 24.3 Å². The standard InChI is InChI=1S/C27H37BrN4O7/c1-2-38-18-6-4-17(5-7-18)30-24(34)20-21-26(36)32(9-3-13-33)23(27(21)16-19(28)22(20)39-27)25(35)29-8-10-31-11-14-37-15-12-31/h4-7,19-23,33H,2-3,8-16H2,1H3,(H,29,35)(H,30,34)/t19?,20-,21+,22-,23?,27?/m1/s1. The summed E-state index contributed by atoms with van der Waals surface area (Å²) in [6, 6.07) is 6.19. The third-order valence-corrected chi connectivity index (χ3v) is 9.01. The summed E-state index contributed by atoms with van der Waals surface area (Å²) >= 11 is 3.68. The fourth-order valence-corrected chi connectivity index (χ4v) is 7.44. The van der Waals surface area contributed by atoms with Crippen molar-refractivity contribution in [3.8, 4) is 5.75 Å². The van der Waals surface area contributed by atoms with Gasteiger partial charge in [-0.3, -0.25) is 19.3 Å². The van der Waals surface area contributed by atoms with E-state index in [1.54, 1.807) is 24.3 Å². The minimum Gasteiger partial charge on any atom is -0.494 e. The zero-order valence-corrected chi connectivity index (χ0v) is 23.7. The largest absolute Gasteiger partial charge is 0.494 e. The number of alkyl halides is 1. The molecular formula is C27H37BrN4O7. The molecule has 4 aliphatic rings. The van der Waals surface area contributed by atoms with E-state index in [0.717, 1.165) is 13.1 Å². The first kappa shape index (κ1) is 28.3. The normalized spacial score (nSPS) is 31.8. The summed E-state index contributed by atoms with van der Waals surface area (Å²) in [4.78, 5) is 44.7. The Kier molecular flexibility index (Phi) is 8.77. The lowest BCUT2D eigenvalue weighted by atomic mass is 9.70. The average Bonchev–Trinajstić information content (AvgIpc) is 3.52. The predicted molar refractivity (Wildman–Crippen MR) is 146 cm³/mol. The molecule has 4 aliphatic heterocycles. The quantitative estimate of drug-likeness (QED) is 0.312. The molecule has 0 aromatic heterocycles. The van der Waals surface area contributed by atoms with E-state index < -0.39 is 29.6 Å². The number of aliphatic hydroxyl groups is 1. The Morgan fingerprint density at radius 1 is 1.18 bits per heavy atom. The Labute approximate surface area is 236 Å². The zero-order chi connectivity index (χ0) is 27.6. The fraction of sp³-hybridized carbons (Fsp3) is 0.667. The molecule has 12 heteroatoms. The van der Waals surface area contributed by atoms with Gasteiger partial charge in [0.15, 0.2) is 0 Å². The summed E-state index contributed by atoms with van der Waals surface area (Å²) in [5.74, 6) is -1.72. The van der Waals surface area contributed by atoms with Gasteiger partial charge in [0.2, 0.25) is 17.7 Å². The van der Waals surface area contributed by atoms with Gasteiger partial charge >= 0.3 is 0 Å². The minimum atomic E-state index is -1.12. The van der Waals surface area contributed by atoms with Crippen LogP contribution in [0.5, 0.6) is 5.75 Å². The Bertz CT molecular complexity index is 1050. The van der Waals surface area contributed by atoms with Crippen molar-refractivity contribution in [2.24, 2.45) is 11.8 Å². The van der Waals surface area contributed by atoms with Crippen molar-refractivity contribution in [3.05, 3.63) is 24.3 Å². The summed E-state index contributed by atoms with van der Waals surface area (Å²) < 4.78 is 17.4. The number of carbonyl (C=O) groups excluding carboxylic acids is 3. The Balaban J connectivity index is 1.34. The molecule has 4 saturated heterocycles. The number of ether oxygens (including phenoxy) is 3. The van der Waals surface area contributed by atoms with E-state index in [0.29, 0.717) is 57.2 Å². The second-order valence-corrected chi connectivity index (χ2v) is 11.6. The van der Waals surface area contributed by atoms with Gasteiger partial charge in [-0.05, 0) is 44.0 Å². The van der Waals surface area contributed by atoms with E-state index in [-0.39, 0.29) is 35.7 Å². The summed E-state index contributed by atoms with van der Waals surface area (Å²) in [5, 5.41) is 15.4. The Morgan fingerprint density at radius 2 is 1.92 bits per heavy atom. The van der Waals surface area contributed by atoms with Crippen LogP contribution in [-0.4, -0.2) is 114 Å². The van der Waals surface area contributed by atoms with E-state index in [2.05, 4.69) is 31.5 Å². The molecule has 4 heterocycles. The lowest BCUT2D eigenvalue weighted by molar-refractivity contribution is -0.141. The van der Waals surface area contributed by atoms with Gasteiger partial charge in [-0.1, -0.05) is 15.9 Å². The van der Waals surface area contributed by atoms with Crippen molar-refractivity contribution in [1.82, 2.24) is 15.1 Å². The van der Waals surface area contributed by atoms with Crippen LogP contribution in [0.3, 0.4) is 0 Å². The fourth-order valence-electron chi connectivity index (χ4n) is 6.50. The first-order chi connectivity index (χ1) is 18.9. The summed E-state index contributed by atoms with van der Waals surface area (Å²) in [5.41, 5.74) is -0.527. The van der Waals surface area contributed by atoms with Crippen LogP contribution < -0.4 is 15.4 Å². The molecule has 1 spiro atoms. The van der Waals surface area contributed by atoms with Gasteiger partial charge in [-0.2, -0.15) is 0 Å². The minimum absolute atomic E-state index is 0.112. The third-order valence-electron chi connectivity index (χ3n) is 8.16. The molecule has 214 valence electrons. The van der Waals surface area contributed by atoms with Crippen molar-refractivity contribution >= 4 is 39.3 Å². The van der Waals surface area contributed by atoms with E-state index in [1.807, 2.05) is 6.92 Å². The third kappa shape index (κ3) is 5.41. The highest BCUT2D eigenvalue weighted by Gasteiger charge is 2.76. The van der Waals surface area contributed by atoms with E-state index in [1.165, 1.54) is 4.90 Å². The van der Waals surface area contributed by atoms with Crippen LogP contribution in [0.1, 0.15) is 19.8 Å². The van der Waals surface area contributed by atoms with Gasteiger partial charge in [0.25, 0.3) is 0 Å². The number of hydrogen-bond acceptors (Lipinski definition) is 8. The molecule has 3 unspecified atom stereocenters. The molecule has 3 amide bonds. The number of carbonyl (C=O) groups is 3. The number of aliphatic hydroxyl groups excluding tert-OH is 1. The molecule has 4 fully saturated rings. The van der Waals surface area contributed by atoms with Crippen LogP contribution in [0.4, 0.5) is 5.69 Å². The Hall–Kier alpha value is -2.25. The van der Waals surface area contributed by atoms with Crippen LogP contribution in [0, 0.1) is 11.8 Å². The van der Waals surface area contributed by atoms with Crippen molar-refractivity contribution in [1.29, 1.82) is 0 Å². The SMILES string of the molecule is CCOc1ccc(NC(=O)[C@H]2[C@@H]3OC4(CC3Br)C(C(=O)NCCN3CCOCC3)N(CCCO)C(=O)[C@H]24)cc1. The van der Waals surface area contributed by atoms with Crippen LogP contribution >= 0.6 is 15.9 Å². The maximum Gasteiger partial charge on any atom is 0.245 e. The number of amides is 3. The van der Waals surface area contributed by atoms with Crippen molar-refractivity contribution < 1.29 is 33.7 Å². The van der Waals surface area contributed by atoms with Crippen LogP contribution in [-0.2, 0) is 23.9 Å². The lowest BCUT2D eigenvalue weighted by Crippen LogP contribution is -2.56. The second-order valence-electron chi connectivity index (χ2n) is 10.5. The molecule has 2 bridgehead atoms. The first-order valence-corrected chi connectivity index (χ1v) is 14.7. The number of hydrogen-bond donors (Lipinski definition) is 3. The summed E-state index contributed by atoms with van der Waals surface area (Å²) in [7, 11) is 0. The van der Waals surface area contributed by atoms with Crippen molar-refractivity contribution in [2.45, 2.75) is 42.3 Å². The van der Waals surface area contributed by atoms with Gasteiger partial charge in [-0.15, -0.1) is 0 Å². The molecule has 6 atom stereocenters.